The first-order valence-electron chi connectivity index (χ1n) is 6.05. The van der Waals surface area contributed by atoms with Crippen LogP contribution < -0.4 is 10.0 Å². The van der Waals surface area contributed by atoms with Crippen LogP contribution in [0.5, 0.6) is 0 Å². The molecule has 1 heterocycles. The van der Waals surface area contributed by atoms with Gasteiger partial charge < -0.3 is 5.32 Å². The van der Waals surface area contributed by atoms with Crippen molar-refractivity contribution in [1.29, 1.82) is 0 Å². The Morgan fingerprint density at radius 1 is 1.33 bits per heavy atom. The number of thiophene rings is 1. The number of hydrogen-bond acceptors (Lipinski definition) is 4. The summed E-state index contributed by atoms with van der Waals surface area (Å²) in [6.07, 6.45) is 0. The highest BCUT2D eigenvalue weighted by Gasteiger charge is 2.20. The van der Waals surface area contributed by atoms with Gasteiger partial charge in [0, 0.05) is 25.8 Å². The zero-order valence-electron chi connectivity index (χ0n) is 11.4. The fourth-order valence-corrected chi connectivity index (χ4v) is 5.47. The van der Waals surface area contributed by atoms with Gasteiger partial charge in [-0.15, -0.1) is 11.3 Å². The van der Waals surface area contributed by atoms with Crippen LogP contribution in [0.15, 0.2) is 33.6 Å². The first kappa shape index (κ1) is 16.8. The second kappa shape index (κ2) is 6.66. The molecule has 4 nitrogen and oxygen atoms in total. The molecule has 0 fully saturated rings. The summed E-state index contributed by atoms with van der Waals surface area (Å²) in [5, 5.41) is 3.55. The van der Waals surface area contributed by atoms with Gasteiger partial charge in [0.25, 0.3) is 10.0 Å². The molecule has 0 aliphatic carbocycles. The van der Waals surface area contributed by atoms with Crippen molar-refractivity contribution in [2.75, 3.05) is 11.8 Å². The lowest BCUT2D eigenvalue weighted by Gasteiger charge is -2.09. The quantitative estimate of drug-likeness (QED) is 0.785. The summed E-state index contributed by atoms with van der Waals surface area (Å²) < 4.78 is 28.2. The van der Waals surface area contributed by atoms with E-state index in [4.69, 9.17) is 11.6 Å². The van der Waals surface area contributed by atoms with E-state index in [2.05, 4.69) is 26.0 Å². The Morgan fingerprint density at radius 3 is 2.67 bits per heavy atom. The monoisotopic (exact) mass is 408 g/mol. The maximum Gasteiger partial charge on any atom is 0.263 e. The summed E-state index contributed by atoms with van der Waals surface area (Å²) in [4.78, 5) is 2.04. The lowest BCUT2D eigenvalue weighted by atomic mass is 10.3. The van der Waals surface area contributed by atoms with Crippen molar-refractivity contribution < 1.29 is 8.42 Å². The van der Waals surface area contributed by atoms with E-state index < -0.39 is 10.0 Å². The molecular weight excluding hydrogens is 396 g/mol. The molecule has 0 saturated carbocycles. The molecule has 2 N–H and O–H groups in total. The number of halogens is 2. The van der Waals surface area contributed by atoms with Gasteiger partial charge in [-0.2, -0.15) is 0 Å². The van der Waals surface area contributed by atoms with Crippen LogP contribution in [0.25, 0.3) is 0 Å². The molecule has 21 heavy (non-hydrogen) atoms. The summed E-state index contributed by atoms with van der Waals surface area (Å²) in [6.45, 7) is 2.45. The molecule has 0 aliphatic rings. The Kier molecular flexibility index (Phi) is 5.32. The Bertz CT molecular complexity index is 760. The third-order valence-corrected chi connectivity index (χ3v) is 6.30. The lowest BCUT2D eigenvalue weighted by molar-refractivity contribution is 0.601. The largest absolute Gasteiger partial charge is 0.315 e. The van der Waals surface area contributed by atoms with Gasteiger partial charge in [-0.3, -0.25) is 4.72 Å². The third kappa shape index (κ3) is 3.98. The Balaban J connectivity index is 2.34. The first-order valence-corrected chi connectivity index (χ1v) is 9.52. The van der Waals surface area contributed by atoms with E-state index in [-0.39, 0.29) is 0 Å². The molecule has 1 aromatic heterocycles. The average Bonchev–Trinajstić information content (AvgIpc) is 2.75. The molecule has 0 amide bonds. The minimum atomic E-state index is -3.62. The topological polar surface area (TPSA) is 58.2 Å². The van der Waals surface area contributed by atoms with Crippen molar-refractivity contribution in [3.63, 3.8) is 0 Å². The fraction of sp³-hybridized carbons (Fsp3) is 0.231. The van der Waals surface area contributed by atoms with Gasteiger partial charge in [-0.1, -0.05) is 11.6 Å². The lowest BCUT2D eigenvalue weighted by Crippen LogP contribution is -2.13. The van der Waals surface area contributed by atoms with E-state index >= 15 is 0 Å². The van der Waals surface area contributed by atoms with Crippen molar-refractivity contribution in [2.24, 2.45) is 0 Å². The van der Waals surface area contributed by atoms with Crippen LogP contribution in [0.3, 0.4) is 0 Å². The molecule has 114 valence electrons. The van der Waals surface area contributed by atoms with Crippen LogP contribution in [-0.2, 0) is 16.6 Å². The van der Waals surface area contributed by atoms with E-state index in [1.165, 1.54) is 11.3 Å². The normalized spacial score (nSPS) is 11.6. The Labute approximate surface area is 141 Å². The molecule has 0 saturated heterocycles. The van der Waals surface area contributed by atoms with Gasteiger partial charge in [-0.25, -0.2) is 8.42 Å². The predicted molar refractivity (Wildman–Crippen MR) is 91.8 cm³/mol. The van der Waals surface area contributed by atoms with Crippen molar-refractivity contribution in [3.05, 3.63) is 43.5 Å². The molecule has 0 atom stereocenters. The summed E-state index contributed by atoms with van der Waals surface area (Å²) in [7, 11) is -1.79. The van der Waals surface area contributed by atoms with Crippen molar-refractivity contribution in [1.82, 2.24) is 5.32 Å². The number of hydrogen-bond donors (Lipinski definition) is 2. The summed E-state index contributed by atoms with van der Waals surface area (Å²) in [5.41, 5.74) is 0.458. The highest BCUT2D eigenvalue weighted by Crippen LogP contribution is 2.31. The van der Waals surface area contributed by atoms with Gasteiger partial charge in [0.1, 0.15) is 4.90 Å². The highest BCUT2D eigenvalue weighted by atomic mass is 79.9. The minimum absolute atomic E-state index is 0.305. The Hall–Kier alpha value is -0.600. The molecule has 0 unspecified atom stereocenters. The molecule has 0 radical (unpaired) electrons. The zero-order chi connectivity index (χ0) is 15.6. The van der Waals surface area contributed by atoms with Crippen LogP contribution in [0.4, 0.5) is 5.69 Å². The molecule has 1 aromatic carbocycles. The standard InChI is InChI=1S/C13H14BrClN2O2S2/c1-8-13(6-10(20-8)7-16-2)21(18,19)17-12-4-3-9(15)5-11(12)14/h3-6,16-17H,7H2,1-2H3. The van der Waals surface area contributed by atoms with Crippen molar-refractivity contribution in [2.45, 2.75) is 18.4 Å². The maximum atomic E-state index is 12.5. The van der Waals surface area contributed by atoms with Crippen LogP contribution >= 0.6 is 38.9 Å². The number of anilines is 1. The number of sulfonamides is 1. The Morgan fingerprint density at radius 2 is 2.05 bits per heavy atom. The predicted octanol–water partition coefficient (Wildman–Crippen LogP) is 3.99. The zero-order valence-corrected chi connectivity index (χ0v) is 15.4. The SMILES string of the molecule is CNCc1cc(S(=O)(=O)Nc2ccc(Cl)cc2Br)c(C)s1. The number of benzene rings is 1. The third-order valence-electron chi connectivity index (χ3n) is 2.74. The molecule has 2 aromatic rings. The van der Waals surface area contributed by atoms with Gasteiger partial charge in [0.2, 0.25) is 0 Å². The van der Waals surface area contributed by atoms with Crippen LogP contribution in [0.1, 0.15) is 9.75 Å². The molecule has 0 aliphatic heterocycles. The van der Waals surface area contributed by atoms with Gasteiger partial charge in [0.15, 0.2) is 0 Å². The fourth-order valence-electron chi connectivity index (χ4n) is 1.82. The molecule has 2 rings (SSSR count). The number of nitrogens with one attached hydrogen (secondary N) is 2. The van der Waals surface area contributed by atoms with Gasteiger partial charge in [-0.05, 0) is 54.2 Å². The van der Waals surface area contributed by atoms with Crippen LogP contribution in [0.2, 0.25) is 5.02 Å². The number of rotatable bonds is 5. The summed E-state index contributed by atoms with van der Waals surface area (Å²) >= 11 is 10.6. The number of aryl methyl sites for hydroxylation is 1. The molecule has 8 heteroatoms. The minimum Gasteiger partial charge on any atom is -0.315 e. The van der Waals surface area contributed by atoms with E-state index in [0.717, 1.165) is 9.75 Å². The second-order valence-corrected chi connectivity index (χ2v) is 8.68. The average molecular weight is 410 g/mol. The van der Waals surface area contributed by atoms with E-state index in [9.17, 15) is 8.42 Å². The van der Waals surface area contributed by atoms with E-state index in [1.54, 1.807) is 31.2 Å². The summed E-state index contributed by atoms with van der Waals surface area (Å²) in [5.74, 6) is 0. The first-order chi connectivity index (χ1) is 9.83. The highest BCUT2D eigenvalue weighted by molar-refractivity contribution is 9.10. The van der Waals surface area contributed by atoms with E-state index in [0.29, 0.717) is 26.6 Å². The van der Waals surface area contributed by atoms with Crippen LogP contribution in [-0.4, -0.2) is 15.5 Å². The van der Waals surface area contributed by atoms with Crippen molar-refractivity contribution >= 4 is 54.6 Å². The summed E-state index contributed by atoms with van der Waals surface area (Å²) in [6, 6.07) is 6.60. The van der Waals surface area contributed by atoms with Crippen LogP contribution in [0, 0.1) is 6.92 Å². The maximum absolute atomic E-state index is 12.5. The smallest absolute Gasteiger partial charge is 0.263 e. The second-order valence-electron chi connectivity index (χ2n) is 4.39. The molecular formula is C13H14BrClN2O2S2. The van der Waals surface area contributed by atoms with Crippen molar-refractivity contribution in [3.8, 4) is 0 Å². The van der Waals surface area contributed by atoms with E-state index in [1.807, 2.05) is 7.05 Å². The molecule has 0 bridgehead atoms. The van der Waals surface area contributed by atoms with Gasteiger partial charge in [0.05, 0.1) is 5.69 Å². The molecule has 0 spiro atoms. The van der Waals surface area contributed by atoms with Gasteiger partial charge >= 0.3 is 0 Å².